The molecular weight excluding hydrogens is 806 g/mol. The Labute approximate surface area is 356 Å². The predicted molar refractivity (Wildman–Crippen MR) is 223 cm³/mol. The van der Waals surface area contributed by atoms with Crippen LogP contribution in [0.3, 0.4) is 0 Å². The maximum absolute atomic E-state index is 15.8. The van der Waals surface area contributed by atoms with Crippen molar-refractivity contribution < 1.29 is 37.8 Å². The second-order valence-corrected chi connectivity index (χ2v) is 16.7. The molecule has 328 valence electrons. The number of hydrogen-bond acceptors (Lipinski definition) is 15. The number of ether oxygens (including phenoxy) is 2. The first-order chi connectivity index (χ1) is 30.0. The van der Waals surface area contributed by atoms with Gasteiger partial charge < -0.3 is 50.3 Å². The molecule has 2 aromatic carbocycles. The number of piperazine rings is 1. The zero-order chi connectivity index (χ0) is 43.1. The fraction of sp³-hybridized carbons (Fsp3) is 0.512. The fourth-order valence-electron chi connectivity index (χ4n) is 9.29. The van der Waals surface area contributed by atoms with Crippen molar-refractivity contribution in [2.75, 3.05) is 106 Å². The van der Waals surface area contributed by atoms with Gasteiger partial charge in [-0.05, 0) is 61.9 Å². The van der Waals surface area contributed by atoms with Crippen molar-refractivity contribution in [3.63, 3.8) is 0 Å². The lowest BCUT2D eigenvalue weighted by molar-refractivity contribution is -0.134. The molecule has 0 spiro atoms. The quantitative estimate of drug-likeness (QED) is 0.198. The van der Waals surface area contributed by atoms with Crippen molar-refractivity contribution in [1.29, 1.82) is 0 Å². The first-order valence-corrected chi connectivity index (χ1v) is 21.2. The topological polar surface area (TPSA) is 224 Å². The Balaban J connectivity index is 0.785. The highest BCUT2D eigenvalue weighted by atomic mass is 19.1. The molecule has 1 aromatic heterocycles. The van der Waals surface area contributed by atoms with Gasteiger partial charge in [0.25, 0.3) is 11.8 Å². The summed E-state index contributed by atoms with van der Waals surface area (Å²) in [5, 5.41) is 16.3. The second-order valence-electron chi connectivity index (χ2n) is 16.7. The van der Waals surface area contributed by atoms with Gasteiger partial charge in [0.1, 0.15) is 11.9 Å². The molecule has 0 bridgehead atoms. The van der Waals surface area contributed by atoms with E-state index in [1.165, 1.54) is 6.07 Å². The highest BCUT2D eigenvalue weighted by molar-refractivity contribution is 6.05. The number of amides is 6. The van der Waals surface area contributed by atoms with Crippen LogP contribution >= 0.6 is 0 Å². The normalized spacial score (nSPS) is 23.0. The van der Waals surface area contributed by atoms with E-state index in [1.807, 2.05) is 20.8 Å². The molecule has 20 nitrogen and oxygen atoms in total. The molecule has 5 fully saturated rings. The van der Waals surface area contributed by atoms with E-state index < -0.39 is 29.6 Å². The van der Waals surface area contributed by atoms with E-state index in [-0.39, 0.29) is 54.7 Å². The number of rotatable bonds is 11. The average molecular weight is 856 g/mol. The van der Waals surface area contributed by atoms with E-state index in [4.69, 9.17) is 15.2 Å². The van der Waals surface area contributed by atoms with Crippen LogP contribution in [0, 0.1) is 11.7 Å². The zero-order valence-electron chi connectivity index (χ0n) is 34.5. The fourth-order valence-corrected chi connectivity index (χ4v) is 9.29. The molecule has 9 rings (SSSR count). The molecule has 6 aliphatic rings. The van der Waals surface area contributed by atoms with E-state index in [0.29, 0.717) is 74.0 Å². The summed E-state index contributed by atoms with van der Waals surface area (Å²) in [4.78, 5) is 78.7. The summed E-state index contributed by atoms with van der Waals surface area (Å²) in [6, 6.07) is 7.56. The lowest BCUT2D eigenvalue weighted by Crippen LogP contribution is -2.52. The summed E-state index contributed by atoms with van der Waals surface area (Å²) in [6.07, 6.45) is 3.04. The molecule has 6 amide bonds. The van der Waals surface area contributed by atoms with Crippen molar-refractivity contribution in [1.82, 2.24) is 40.5 Å². The Morgan fingerprint density at radius 3 is 2.45 bits per heavy atom. The van der Waals surface area contributed by atoms with Gasteiger partial charge in [0.05, 0.1) is 23.0 Å². The third kappa shape index (κ3) is 8.27. The third-order valence-electron chi connectivity index (χ3n) is 12.6. The van der Waals surface area contributed by atoms with E-state index in [2.05, 4.69) is 40.9 Å². The number of piperidine rings is 2. The molecule has 0 aliphatic carbocycles. The van der Waals surface area contributed by atoms with Crippen LogP contribution in [0.1, 0.15) is 53.0 Å². The Bertz CT molecular complexity index is 2280. The summed E-state index contributed by atoms with van der Waals surface area (Å²) in [7, 11) is 1.79. The number of nitrogens with zero attached hydrogens (tertiary/aromatic N) is 9. The number of fused-ring (bicyclic) bond motifs is 1. The Kier molecular flexibility index (Phi) is 11.3. The van der Waals surface area contributed by atoms with Gasteiger partial charge in [-0.3, -0.25) is 29.4 Å². The number of halogens is 1. The standard InChI is InChI=1S/C41H50FN13O7/c1-50-13-18-55(41(50)60)26-3-2-11-54(22-26)40-47-37(33(36(43)57)48-49-40)44-25-4-7-30(28(42)19-25)52-16-14-51(15-17-52)20-24-10-12-53(21-24)31-8-5-27(34-35(31)62-23-61-34)38(58)45-29-6-9-32(56)46-39(29)59/h4-5,7-8,19,24,26,29H,2-3,6,9-18,20-23H2,1H3,(H2,43,57)(H,45,58)(H,44,47,49)(H,46,56,59)/t24?,26-,29?/m1/s1. The number of likely N-dealkylation sites (N-methyl/N-ethyl adjacent to an activating group) is 1. The second kappa shape index (κ2) is 17.1. The van der Waals surface area contributed by atoms with Crippen LogP contribution in [0.5, 0.6) is 11.5 Å². The van der Waals surface area contributed by atoms with E-state index >= 15 is 4.39 Å². The van der Waals surface area contributed by atoms with E-state index in [0.717, 1.165) is 57.7 Å². The molecule has 21 heteroatoms. The molecule has 5 N–H and O–H groups in total. The maximum atomic E-state index is 15.8. The van der Waals surface area contributed by atoms with E-state index in [9.17, 15) is 24.0 Å². The van der Waals surface area contributed by atoms with Crippen molar-refractivity contribution >= 4 is 58.5 Å². The van der Waals surface area contributed by atoms with Crippen molar-refractivity contribution in [2.24, 2.45) is 11.7 Å². The number of primary amides is 1. The summed E-state index contributed by atoms with van der Waals surface area (Å²) in [6.45, 7) is 7.77. The number of aromatic nitrogens is 3. The third-order valence-corrected chi connectivity index (χ3v) is 12.6. The summed E-state index contributed by atoms with van der Waals surface area (Å²) in [5.74, 6) is -1.01. The molecule has 0 saturated carbocycles. The Morgan fingerprint density at radius 1 is 0.887 bits per heavy atom. The number of hydrogen-bond donors (Lipinski definition) is 4. The molecule has 2 unspecified atom stereocenters. The van der Waals surface area contributed by atoms with Gasteiger partial charge in [0.15, 0.2) is 23.0 Å². The minimum Gasteiger partial charge on any atom is -0.453 e. The van der Waals surface area contributed by atoms with Crippen LogP contribution in [-0.2, 0) is 9.59 Å². The number of anilines is 5. The largest absolute Gasteiger partial charge is 0.453 e. The van der Waals surface area contributed by atoms with Gasteiger partial charge >= 0.3 is 6.03 Å². The number of carbonyl (C=O) groups is 5. The molecule has 3 atom stereocenters. The average Bonchev–Trinajstić information content (AvgIpc) is 4.03. The van der Waals surface area contributed by atoms with Crippen LogP contribution in [0.15, 0.2) is 30.3 Å². The van der Waals surface area contributed by atoms with Gasteiger partial charge in [-0.1, -0.05) is 0 Å². The van der Waals surface area contributed by atoms with Crippen LogP contribution in [0.25, 0.3) is 0 Å². The number of imide groups is 1. The minimum atomic E-state index is -0.821. The number of benzene rings is 2. The number of urea groups is 1. The minimum absolute atomic E-state index is 0.00335. The van der Waals surface area contributed by atoms with Crippen molar-refractivity contribution in [2.45, 2.75) is 44.2 Å². The molecule has 62 heavy (non-hydrogen) atoms. The van der Waals surface area contributed by atoms with Crippen molar-refractivity contribution in [3.05, 3.63) is 47.4 Å². The summed E-state index contributed by atoms with van der Waals surface area (Å²) < 4.78 is 27.4. The van der Waals surface area contributed by atoms with Gasteiger partial charge in [0.2, 0.25) is 24.6 Å². The molecular formula is C41H50FN13O7. The smallest absolute Gasteiger partial charge is 0.320 e. The summed E-state index contributed by atoms with van der Waals surface area (Å²) in [5.41, 5.74) is 7.43. The molecule has 3 aromatic rings. The Morgan fingerprint density at radius 2 is 1.69 bits per heavy atom. The maximum Gasteiger partial charge on any atom is 0.320 e. The first kappa shape index (κ1) is 40.9. The lowest BCUT2D eigenvalue weighted by atomic mass is 10.0. The van der Waals surface area contributed by atoms with Gasteiger partial charge in [-0.15, -0.1) is 10.2 Å². The molecule has 5 saturated heterocycles. The van der Waals surface area contributed by atoms with Crippen LogP contribution in [0.2, 0.25) is 0 Å². The zero-order valence-corrected chi connectivity index (χ0v) is 34.5. The lowest BCUT2D eigenvalue weighted by Gasteiger charge is -2.37. The van der Waals surface area contributed by atoms with Crippen LogP contribution in [-0.4, -0.2) is 157 Å². The monoisotopic (exact) mass is 855 g/mol. The van der Waals surface area contributed by atoms with Crippen LogP contribution in [0.4, 0.5) is 38.0 Å². The molecule has 6 aliphatic heterocycles. The highest BCUT2D eigenvalue weighted by Crippen LogP contribution is 2.45. The number of nitrogens with one attached hydrogen (secondary N) is 3. The van der Waals surface area contributed by atoms with E-state index in [1.54, 1.807) is 30.1 Å². The SMILES string of the molecule is CN1CCN([C@@H]2CCCN(c3nnc(C(N)=O)c(Nc4ccc(N5CCN(CC6CCN(c7ccc(C(=O)NC8CCC(=O)NC8=O)c8c7OCO8)C6)CC5)c(F)c4)n3)C2)C1=O. The summed E-state index contributed by atoms with van der Waals surface area (Å²) >= 11 is 0. The molecule has 7 heterocycles. The number of nitrogens with two attached hydrogens (primary N) is 1. The van der Waals surface area contributed by atoms with Gasteiger partial charge in [0, 0.05) is 91.1 Å². The van der Waals surface area contributed by atoms with Crippen molar-refractivity contribution in [3.8, 4) is 11.5 Å². The van der Waals surface area contributed by atoms with Gasteiger partial charge in [-0.25, -0.2) is 9.18 Å². The number of carbonyl (C=O) groups excluding carboxylic acids is 5. The first-order valence-electron chi connectivity index (χ1n) is 21.2. The Hall–Kier alpha value is -6.51. The van der Waals surface area contributed by atoms with Crippen LogP contribution < -0.4 is 45.9 Å². The predicted octanol–water partition coefficient (Wildman–Crippen LogP) is 1.10. The molecule has 0 radical (unpaired) electrons. The van der Waals surface area contributed by atoms with Gasteiger partial charge in [-0.2, -0.15) is 4.98 Å². The highest BCUT2D eigenvalue weighted by Gasteiger charge is 2.37.